The highest BCUT2D eigenvalue weighted by Crippen LogP contribution is 1.83. The minimum absolute atomic E-state index is 0. The van der Waals surface area contributed by atoms with Gasteiger partial charge in [-0.2, -0.15) is 0 Å². The zero-order chi connectivity index (χ0) is 6.69. The average Bonchev–Trinajstić information content (AvgIpc) is 2.18. The average molecular weight is 157 g/mol. The number of imidazole rings is 1. The molecule has 1 heterocycles. The summed E-state index contributed by atoms with van der Waals surface area (Å²) in [5.41, 5.74) is 0. The van der Waals surface area contributed by atoms with Gasteiger partial charge in [-0.15, -0.1) is 6.42 Å². The zero-order valence-electron chi connectivity index (χ0n) is 5.76. The molecular formula is C7H9ClN2. The number of hydrogen-bond acceptors (Lipinski definition) is 0. The second kappa shape index (κ2) is 3.97. The van der Waals surface area contributed by atoms with Gasteiger partial charge in [-0.05, 0) is 0 Å². The first-order valence-corrected chi connectivity index (χ1v) is 2.80. The van der Waals surface area contributed by atoms with E-state index in [9.17, 15) is 0 Å². The highest BCUT2D eigenvalue weighted by Gasteiger charge is 2.01. The van der Waals surface area contributed by atoms with E-state index in [2.05, 4.69) is 10.9 Å². The maximum absolute atomic E-state index is 5.11. The molecule has 3 heteroatoms. The number of hydrogen-bond donors (Lipinski definition) is 1. The van der Waals surface area contributed by atoms with E-state index in [0.29, 0.717) is 6.42 Å². The van der Waals surface area contributed by atoms with Crippen molar-refractivity contribution in [3.05, 3.63) is 18.2 Å². The van der Waals surface area contributed by atoms with Crippen LogP contribution in [0.1, 0.15) is 5.82 Å². The minimum atomic E-state index is 0. The molecule has 0 fully saturated rings. The fourth-order valence-corrected chi connectivity index (χ4v) is 0.709. The Bertz CT molecular complexity index is 234. The Kier molecular flexibility index (Phi) is 3.60. The summed E-state index contributed by atoms with van der Waals surface area (Å²) < 4.78 is 1.97. The Hall–Kier alpha value is -0.940. The summed E-state index contributed by atoms with van der Waals surface area (Å²) >= 11 is 0. The van der Waals surface area contributed by atoms with E-state index < -0.39 is 0 Å². The quantitative estimate of drug-likeness (QED) is 0.331. The summed E-state index contributed by atoms with van der Waals surface area (Å²) in [6.07, 6.45) is 9.58. The van der Waals surface area contributed by atoms with Crippen molar-refractivity contribution in [2.24, 2.45) is 7.05 Å². The molecule has 0 bridgehead atoms. The number of halogens is 1. The molecule has 1 N–H and O–H groups in total. The summed E-state index contributed by atoms with van der Waals surface area (Å²) in [6.45, 7) is 0. The van der Waals surface area contributed by atoms with Crippen LogP contribution in [0.25, 0.3) is 0 Å². The Morgan fingerprint density at radius 2 is 2.50 bits per heavy atom. The molecule has 1 aromatic heterocycles. The number of H-pyrrole nitrogens is 1. The van der Waals surface area contributed by atoms with Crippen molar-refractivity contribution in [3.63, 3.8) is 0 Å². The molecule has 1 aromatic rings. The predicted molar refractivity (Wildman–Crippen MR) is 34.5 cm³/mol. The number of aryl methyl sites for hydroxylation is 1. The lowest BCUT2D eigenvalue weighted by Gasteiger charge is -1.83. The number of nitrogens with one attached hydrogen (secondary N) is 1. The summed E-state index contributed by atoms with van der Waals surface area (Å²) in [6, 6.07) is 0. The van der Waals surface area contributed by atoms with Gasteiger partial charge in [-0.1, -0.05) is 5.92 Å². The largest absolute Gasteiger partial charge is 1.00 e. The molecule has 0 atom stereocenters. The van der Waals surface area contributed by atoms with Crippen molar-refractivity contribution in [2.75, 3.05) is 0 Å². The first kappa shape index (κ1) is 9.06. The highest BCUT2D eigenvalue weighted by atomic mass is 35.5. The summed E-state index contributed by atoms with van der Waals surface area (Å²) in [5, 5.41) is 0. The van der Waals surface area contributed by atoms with Gasteiger partial charge in [0.25, 0.3) is 5.82 Å². The minimum Gasteiger partial charge on any atom is -1.00 e. The Morgan fingerprint density at radius 1 is 1.80 bits per heavy atom. The lowest BCUT2D eigenvalue weighted by atomic mass is 10.4. The number of aromatic nitrogens is 2. The molecule has 2 nitrogen and oxygen atoms in total. The van der Waals surface area contributed by atoms with E-state index in [4.69, 9.17) is 6.42 Å². The fourth-order valence-electron chi connectivity index (χ4n) is 0.709. The third-order valence-electron chi connectivity index (χ3n) is 1.24. The molecule has 1 rings (SSSR count). The van der Waals surface area contributed by atoms with Crippen molar-refractivity contribution >= 4 is 0 Å². The third kappa shape index (κ3) is 1.78. The zero-order valence-corrected chi connectivity index (χ0v) is 6.52. The van der Waals surface area contributed by atoms with E-state index >= 15 is 0 Å². The van der Waals surface area contributed by atoms with Gasteiger partial charge in [0.05, 0.1) is 7.05 Å². The lowest BCUT2D eigenvalue weighted by Crippen LogP contribution is -3.00. The van der Waals surface area contributed by atoms with Crippen molar-refractivity contribution in [3.8, 4) is 12.3 Å². The number of rotatable bonds is 1. The van der Waals surface area contributed by atoms with Crippen molar-refractivity contribution < 1.29 is 17.0 Å². The lowest BCUT2D eigenvalue weighted by molar-refractivity contribution is -0.677. The van der Waals surface area contributed by atoms with Crippen LogP contribution in [0.15, 0.2) is 12.4 Å². The Balaban J connectivity index is 0.000000810. The van der Waals surface area contributed by atoms with Crippen LogP contribution in [-0.4, -0.2) is 4.98 Å². The number of terminal acetylenes is 1. The molecule has 0 amide bonds. The van der Waals surface area contributed by atoms with Gasteiger partial charge in [-0.3, -0.25) is 0 Å². The van der Waals surface area contributed by atoms with Gasteiger partial charge in [0.2, 0.25) is 0 Å². The molecule has 0 aliphatic carbocycles. The van der Waals surface area contributed by atoms with Gasteiger partial charge in [0.15, 0.2) is 0 Å². The van der Waals surface area contributed by atoms with E-state index in [1.165, 1.54) is 0 Å². The Morgan fingerprint density at radius 3 is 2.90 bits per heavy atom. The standard InChI is InChI=1S/C7H8N2.ClH/c1-3-4-7-8-5-6-9(7)2;/h1,5-6H,4H2,2H3;1H. The van der Waals surface area contributed by atoms with Gasteiger partial charge < -0.3 is 12.4 Å². The molecule has 0 unspecified atom stereocenters. The highest BCUT2D eigenvalue weighted by molar-refractivity contribution is 4.95. The molecule has 0 aliphatic heterocycles. The van der Waals surface area contributed by atoms with Crippen LogP contribution in [0.5, 0.6) is 0 Å². The van der Waals surface area contributed by atoms with Crippen molar-refractivity contribution in [1.82, 2.24) is 4.98 Å². The van der Waals surface area contributed by atoms with E-state index in [0.717, 1.165) is 5.82 Å². The van der Waals surface area contributed by atoms with Gasteiger partial charge >= 0.3 is 0 Å². The number of aromatic amines is 1. The molecule has 0 aromatic carbocycles. The van der Waals surface area contributed by atoms with Crippen LogP contribution >= 0.6 is 0 Å². The van der Waals surface area contributed by atoms with Crippen LogP contribution in [-0.2, 0) is 13.5 Å². The van der Waals surface area contributed by atoms with Crippen LogP contribution in [0.3, 0.4) is 0 Å². The smallest absolute Gasteiger partial charge is 0.266 e. The third-order valence-corrected chi connectivity index (χ3v) is 1.24. The predicted octanol–water partition coefficient (Wildman–Crippen LogP) is -2.98. The summed E-state index contributed by atoms with van der Waals surface area (Å²) in [4.78, 5) is 3.03. The monoisotopic (exact) mass is 156 g/mol. The summed E-state index contributed by atoms with van der Waals surface area (Å²) in [5.74, 6) is 3.63. The maximum atomic E-state index is 5.11. The van der Waals surface area contributed by atoms with Crippen LogP contribution in [0.2, 0.25) is 0 Å². The number of nitrogens with zero attached hydrogens (tertiary/aromatic N) is 1. The Labute approximate surface area is 66.7 Å². The van der Waals surface area contributed by atoms with E-state index in [-0.39, 0.29) is 12.4 Å². The topological polar surface area (TPSA) is 19.7 Å². The van der Waals surface area contributed by atoms with Gasteiger partial charge in [-0.25, -0.2) is 9.55 Å². The maximum Gasteiger partial charge on any atom is 0.266 e. The first-order valence-electron chi connectivity index (χ1n) is 2.80. The second-order valence-corrected chi connectivity index (χ2v) is 1.90. The molecule has 0 aliphatic rings. The molecule has 0 saturated carbocycles. The van der Waals surface area contributed by atoms with Gasteiger partial charge in [0, 0.05) is 0 Å². The molecule has 0 radical (unpaired) electrons. The van der Waals surface area contributed by atoms with Crippen LogP contribution < -0.4 is 17.0 Å². The molecule has 10 heavy (non-hydrogen) atoms. The van der Waals surface area contributed by atoms with Crippen LogP contribution in [0, 0.1) is 12.3 Å². The van der Waals surface area contributed by atoms with E-state index in [1.54, 1.807) is 0 Å². The molecule has 0 spiro atoms. The van der Waals surface area contributed by atoms with Crippen LogP contribution in [0.4, 0.5) is 0 Å². The first-order chi connectivity index (χ1) is 4.34. The molecule has 0 saturated heterocycles. The second-order valence-electron chi connectivity index (χ2n) is 1.90. The molecule has 54 valence electrons. The SMILES string of the molecule is C#CCc1[nH]cc[n+]1C.[Cl-]. The van der Waals surface area contributed by atoms with Crippen molar-refractivity contribution in [1.29, 1.82) is 0 Å². The fraction of sp³-hybridized carbons (Fsp3) is 0.286. The summed E-state index contributed by atoms with van der Waals surface area (Å²) in [7, 11) is 1.96. The molecular weight excluding hydrogens is 148 g/mol. The van der Waals surface area contributed by atoms with Crippen molar-refractivity contribution in [2.45, 2.75) is 6.42 Å². The van der Waals surface area contributed by atoms with Gasteiger partial charge in [0.1, 0.15) is 18.8 Å². The normalized spacial score (nSPS) is 8.00. The van der Waals surface area contributed by atoms with E-state index in [1.807, 2.05) is 24.0 Å².